The highest BCUT2D eigenvalue weighted by Gasteiger charge is 2.38. The van der Waals surface area contributed by atoms with Crippen LogP contribution in [0.15, 0.2) is 6.33 Å². The maximum absolute atomic E-state index is 9.30. The zero-order chi connectivity index (χ0) is 12.3. The molecule has 0 spiro atoms. The van der Waals surface area contributed by atoms with Gasteiger partial charge in [0.2, 0.25) is 0 Å². The van der Waals surface area contributed by atoms with E-state index in [1.807, 2.05) is 0 Å². The molecule has 2 rings (SSSR count). The van der Waals surface area contributed by atoms with E-state index in [0.717, 1.165) is 0 Å². The smallest absolute Gasteiger partial charge is 0.157 e. The standard InChI is InChI=1S/C10H15ClN4O2/c1-12-7-8(11)14-6-15-9(7)13-2-10(3-16)4-17-5-10/h6,12,16H,2-5H2,1H3,(H,13,14,15). The third kappa shape index (κ3) is 2.43. The number of aliphatic hydroxyl groups is 1. The van der Waals surface area contributed by atoms with Gasteiger partial charge in [0.05, 0.1) is 25.2 Å². The molecular weight excluding hydrogens is 244 g/mol. The topological polar surface area (TPSA) is 79.3 Å². The minimum absolute atomic E-state index is 0.0910. The second-order valence-electron chi connectivity index (χ2n) is 4.14. The number of hydrogen-bond acceptors (Lipinski definition) is 6. The minimum atomic E-state index is -0.206. The third-order valence-corrected chi connectivity index (χ3v) is 3.12. The van der Waals surface area contributed by atoms with Gasteiger partial charge in [-0.05, 0) is 0 Å². The predicted molar refractivity (Wildman–Crippen MR) is 65.4 cm³/mol. The molecule has 6 nitrogen and oxygen atoms in total. The Labute approximate surface area is 104 Å². The minimum Gasteiger partial charge on any atom is -0.396 e. The van der Waals surface area contributed by atoms with Crippen LogP contribution in [0.2, 0.25) is 5.15 Å². The summed E-state index contributed by atoms with van der Waals surface area (Å²) in [6.07, 6.45) is 1.40. The van der Waals surface area contributed by atoms with Gasteiger partial charge in [-0.1, -0.05) is 11.6 Å². The summed E-state index contributed by atoms with van der Waals surface area (Å²) in [4.78, 5) is 8.00. The van der Waals surface area contributed by atoms with E-state index in [0.29, 0.717) is 36.4 Å². The van der Waals surface area contributed by atoms with Gasteiger partial charge >= 0.3 is 0 Å². The lowest BCUT2D eigenvalue weighted by Gasteiger charge is -2.40. The van der Waals surface area contributed by atoms with Crippen molar-refractivity contribution in [2.45, 2.75) is 0 Å². The van der Waals surface area contributed by atoms with Crippen molar-refractivity contribution in [1.82, 2.24) is 9.97 Å². The molecule has 2 heterocycles. The van der Waals surface area contributed by atoms with Crippen LogP contribution in [0.1, 0.15) is 0 Å². The first-order valence-corrected chi connectivity index (χ1v) is 5.69. The Morgan fingerprint density at radius 3 is 2.82 bits per heavy atom. The number of aliphatic hydroxyl groups excluding tert-OH is 1. The zero-order valence-electron chi connectivity index (χ0n) is 9.53. The lowest BCUT2D eigenvalue weighted by Crippen LogP contribution is -2.50. The lowest BCUT2D eigenvalue weighted by molar-refractivity contribution is -0.128. The molecule has 1 aromatic rings. The van der Waals surface area contributed by atoms with Crippen molar-refractivity contribution in [1.29, 1.82) is 0 Å². The first-order chi connectivity index (χ1) is 8.21. The number of aromatic nitrogens is 2. The SMILES string of the molecule is CNc1c(Cl)ncnc1NCC1(CO)COC1. The van der Waals surface area contributed by atoms with Crippen molar-refractivity contribution in [2.24, 2.45) is 5.41 Å². The van der Waals surface area contributed by atoms with Crippen LogP contribution in [-0.4, -0.2) is 48.5 Å². The van der Waals surface area contributed by atoms with Crippen LogP contribution >= 0.6 is 11.6 Å². The van der Waals surface area contributed by atoms with Gasteiger partial charge in [-0.2, -0.15) is 0 Å². The highest BCUT2D eigenvalue weighted by molar-refractivity contribution is 6.32. The molecule has 0 aliphatic carbocycles. The molecule has 0 radical (unpaired) electrons. The van der Waals surface area contributed by atoms with E-state index in [-0.39, 0.29) is 12.0 Å². The summed E-state index contributed by atoms with van der Waals surface area (Å²) in [5.74, 6) is 0.632. The Balaban J connectivity index is 2.06. The summed E-state index contributed by atoms with van der Waals surface area (Å²) in [6, 6.07) is 0. The molecule has 1 aliphatic rings. The number of nitrogens with one attached hydrogen (secondary N) is 2. The summed E-state index contributed by atoms with van der Waals surface area (Å²) < 4.78 is 5.12. The molecule has 7 heteroatoms. The van der Waals surface area contributed by atoms with E-state index < -0.39 is 0 Å². The average Bonchev–Trinajstić information content (AvgIpc) is 2.28. The van der Waals surface area contributed by atoms with Crippen LogP contribution in [0.25, 0.3) is 0 Å². The Morgan fingerprint density at radius 2 is 2.29 bits per heavy atom. The van der Waals surface area contributed by atoms with Crippen LogP contribution in [-0.2, 0) is 4.74 Å². The van der Waals surface area contributed by atoms with Crippen molar-refractivity contribution in [3.8, 4) is 0 Å². The molecular formula is C10H15ClN4O2. The van der Waals surface area contributed by atoms with Crippen LogP contribution in [0, 0.1) is 5.41 Å². The van der Waals surface area contributed by atoms with Gasteiger partial charge in [0.1, 0.15) is 12.0 Å². The first kappa shape index (κ1) is 12.3. The van der Waals surface area contributed by atoms with E-state index in [9.17, 15) is 5.11 Å². The highest BCUT2D eigenvalue weighted by Crippen LogP contribution is 2.30. The molecule has 0 saturated carbocycles. The van der Waals surface area contributed by atoms with Crippen LogP contribution < -0.4 is 10.6 Å². The van der Waals surface area contributed by atoms with E-state index in [1.54, 1.807) is 7.05 Å². The summed E-state index contributed by atoms with van der Waals surface area (Å²) >= 11 is 5.93. The van der Waals surface area contributed by atoms with Crippen LogP contribution in [0.5, 0.6) is 0 Å². The number of ether oxygens (including phenoxy) is 1. The number of hydrogen-bond donors (Lipinski definition) is 3. The summed E-state index contributed by atoms with van der Waals surface area (Å²) in [6.45, 7) is 1.80. The highest BCUT2D eigenvalue weighted by atomic mass is 35.5. The monoisotopic (exact) mass is 258 g/mol. The van der Waals surface area contributed by atoms with E-state index >= 15 is 0 Å². The Kier molecular flexibility index (Phi) is 3.66. The zero-order valence-corrected chi connectivity index (χ0v) is 10.3. The molecule has 0 bridgehead atoms. The fourth-order valence-electron chi connectivity index (χ4n) is 1.63. The van der Waals surface area contributed by atoms with Gasteiger partial charge in [-0.3, -0.25) is 0 Å². The second kappa shape index (κ2) is 5.03. The predicted octanol–water partition coefficient (Wildman–Crippen LogP) is 0.592. The van der Waals surface area contributed by atoms with Crippen molar-refractivity contribution >= 4 is 23.1 Å². The van der Waals surface area contributed by atoms with E-state index in [1.165, 1.54) is 6.33 Å². The largest absolute Gasteiger partial charge is 0.396 e. The van der Waals surface area contributed by atoms with Gasteiger partial charge in [0.25, 0.3) is 0 Å². The second-order valence-corrected chi connectivity index (χ2v) is 4.50. The molecule has 0 aromatic carbocycles. The lowest BCUT2D eigenvalue weighted by atomic mass is 9.87. The fourth-order valence-corrected chi connectivity index (χ4v) is 1.86. The average molecular weight is 259 g/mol. The molecule has 1 aromatic heterocycles. The van der Waals surface area contributed by atoms with E-state index in [4.69, 9.17) is 16.3 Å². The van der Waals surface area contributed by atoms with Gasteiger partial charge in [0, 0.05) is 13.6 Å². The molecule has 1 aliphatic heterocycles. The number of nitrogens with zero attached hydrogens (tertiary/aromatic N) is 2. The number of rotatable bonds is 5. The molecule has 0 amide bonds. The Morgan fingerprint density at radius 1 is 1.53 bits per heavy atom. The Bertz CT molecular complexity index is 392. The quantitative estimate of drug-likeness (QED) is 0.671. The fraction of sp³-hybridized carbons (Fsp3) is 0.600. The molecule has 1 saturated heterocycles. The number of anilines is 2. The van der Waals surface area contributed by atoms with Crippen LogP contribution in [0.4, 0.5) is 11.5 Å². The maximum atomic E-state index is 9.30. The molecule has 1 fully saturated rings. The maximum Gasteiger partial charge on any atom is 0.157 e. The van der Waals surface area contributed by atoms with Crippen molar-refractivity contribution in [3.05, 3.63) is 11.5 Å². The molecule has 17 heavy (non-hydrogen) atoms. The normalized spacial score (nSPS) is 17.4. The third-order valence-electron chi connectivity index (χ3n) is 2.83. The van der Waals surface area contributed by atoms with Crippen molar-refractivity contribution in [2.75, 3.05) is 44.0 Å². The summed E-state index contributed by atoms with van der Waals surface area (Å²) in [5, 5.41) is 15.8. The van der Waals surface area contributed by atoms with Crippen LogP contribution in [0.3, 0.4) is 0 Å². The molecule has 0 atom stereocenters. The molecule has 94 valence electrons. The summed E-state index contributed by atoms with van der Waals surface area (Å²) in [5.41, 5.74) is 0.449. The van der Waals surface area contributed by atoms with Crippen molar-refractivity contribution < 1.29 is 9.84 Å². The van der Waals surface area contributed by atoms with E-state index in [2.05, 4.69) is 20.6 Å². The van der Waals surface area contributed by atoms with Gasteiger partial charge in [-0.15, -0.1) is 0 Å². The molecule has 3 N–H and O–H groups in total. The Hall–Kier alpha value is -1.11. The number of halogens is 1. The molecule has 0 unspecified atom stereocenters. The van der Waals surface area contributed by atoms with Gasteiger partial charge < -0.3 is 20.5 Å². The van der Waals surface area contributed by atoms with Crippen molar-refractivity contribution in [3.63, 3.8) is 0 Å². The first-order valence-electron chi connectivity index (χ1n) is 5.31. The summed E-state index contributed by atoms with van der Waals surface area (Å²) in [7, 11) is 1.75. The van der Waals surface area contributed by atoms with Gasteiger partial charge in [-0.25, -0.2) is 9.97 Å². The van der Waals surface area contributed by atoms with Gasteiger partial charge in [0.15, 0.2) is 11.0 Å².